The van der Waals surface area contributed by atoms with Crippen LogP contribution >= 0.6 is 11.8 Å². The van der Waals surface area contributed by atoms with Crippen molar-refractivity contribution in [3.63, 3.8) is 0 Å². The number of benzene rings is 4. The van der Waals surface area contributed by atoms with Crippen LogP contribution in [0.3, 0.4) is 0 Å². The monoisotopic (exact) mass is 636 g/mol. The molecule has 2 saturated heterocycles. The third-order valence-corrected chi connectivity index (χ3v) is 10.8. The van der Waals surface area contributed by atoms with Gasteiger partial charge in [-0.15, -0.1) is 11.8 Å². The van der Waals surface area contributed by atoms with Crippen molar-refractivity contribution in [2.45, 2.75) is 29.1 Å². The van der Waals surface area contributed by atoms with Crippen molar-refractivity contribution in [3.05, 3.63) is 148 Å². The van der Waals surface area contributed by atoms with E-state index in [1.54, 1.807) is 12.1 Å². The lowest BCUT2D eigenvalue weighted by Gasteiger charge is -2.37. The number of nitro benzene ring substituents is 1. The first-order valence-corrected chi connectivity index (χ1v) is 16.7. The Morgan fingerprint density at radius 2 is 1.35 bits per heavy atom. The van der Waals surface area contributed by atoms with Crippen molar-refractivity contribution in [3.8, 4) is 0 Å². The standard InChI is InChI=1S/C37H40N4O4S/c1-38-21-23-39(24-22-38)26-34-25-35(27-40(34)36(42)45-28-29-17-19-33(20-18-29)41(43)44)46-37(30-11-5-2-6-12-30,31-13-7-3-8-14-31)32-15-9-4-10-16-32/h2-20,34-35H,21-28H2,1H3/t34-,35-/m0/s1. The van der Waals surface area contributed by atoms with Crippen molar-refractivity contribution in [1.82, 2.24) is 14.7 Å². The largest absolute Gasteiger partial charge is 0.445 e. The highest BCUT2D eigenvalue weighted by molar-refractivity contribution is 8.01. The second kappa shape index (κ2) is 14.5. The molecule has 2 aliphatic rings. The van der Waals surface area contributed by atoms with Crippen LogP contribution in [0.15, 0.2) is 115 Å². The van der Waals surface area contributed by atoms with Crippen LogP contribution in [0, 0.1) is 10.1 Å². The molecule has 0 spiro atoms. The Labute approximate surface area is 275 Å². The van der Waals surface area contributed by atoms with Crippen LogP contribution in [0.1, 0.15) is 28.7 Å². The molecule has 0 unspecified atom stereocenters. The number of hydrogen-bond acceptors (Lipinski definition) is 7. The zero-order valence-electron chi connectivity index (χ0n) is 26.1. The van der Waals surface area contributed by atoms with Gasteiger partial charge in [0.1, 0.15) is 6.61 Å². The molecule has 4 aromatic rings. The van der Waals surface area contributed by atoms with E-state index in [0.717, 1.165) is 44.7 Å². The summed E-state index contributed by atoms with van der Waals surface area (Å²) in [6.07, 6.45) is 0.503. The first-order chi connectivity index (χ1) is 22.4. The Hall–Kier alpha value is -4.18. The van der Waals surface area contributed by atoms with Gasteiger partial charge in [0.05, 0.1) is 9.67 Å². The molecule has 4 aromatic carbocycles. The Morgan fingerprint density at radius 1 is 0.826 bits per heavy atom. The second-order valence-corrected chi connectivity index (χ2v) is 13.7. The summed E-state index contributed by atoms with van der Waals surface area (Å²) in [5, 5.41) is 11.2. The van der Waals surface area contributed by atoms with Gasteiger partial charge in [-0.3, -0.25) is 15.0 Å². The molecule has 0 aliphatic carbocycles. The SMILES string of the molecule is CN1CCN(C[C@@H]2C[C@H](SC(c3ccccc3)(c3ccccc3)c3ccccc3)CN2C(=O)OCc2ccc([N+](=O)[O-])cc2)CC1. The van der Waals surface area contributed by atoms with Gasteiger partial charge in [-0.2, -0.15) is 0 Å². The molecule has 1 amide bonds. The first kappa shape index (κ1) is 31.8. The van der Waals surface area contributed by atoms with Gasteiger partial charge in [-0.05, 0) is 47.9 Å². The van der Waals surface area contributed by atoms with Gasteiger partial charge in [0, 0.05) is 62.7 Å². The molecule has 2 atom stereocenters. The van der Waals surface area contributed by atoms with E-state index in [1.165, 1.54) is 28.8 Å². The summed E-state index contributed by atoms with van der Waals surface area (Å²) in [6, 6.07) is 38.2. The van der Waals surface area contributed by atoms with Crippen LogP contribution in [0.25, 0.3) is 0 Å². The molecular weight excluding hydrogens is 596 g/mol. The molecule has 2 aliphatic heterocycles. The van der Waals surface area contributed by atoms with Gasteiger partial charge >= 0.3 is 6.09 Å². The fourth-order valence-corrected chi connectivity index (χ4v) is 8.47. The summed E-state index contributed by atoms with van der Waals surface area (Å²) < 4.78 is 5.38. The molecule has 8 nitrogen and oxygen atoms in total. The van der Waals surface area contributed by atoms with Crippen molar-refractivity contribution in [1.29, 1.82) is 0 Å². The van der Waals surface area contributed by atoms with Crippen molar-refractivity contribution >= 4 is 23.5 Å². The number of carbonyl (C=O) groups excluding carboxylic acids is 1. The minimum absolute atomic E-state index is 0.00490. The maximum absolute atomic E-state index is 13.8. The summed E-state index contributed by atoms with van der Waals surface area (Å²) in [7, 11) is 2.15. The van der Waals surface area contributed by atoms with Crippen LogP contribution < -0.4 is 0 Å². The molecule has 46 heavy (non-hydrogen) atoms. The van der Waals surface area contributed by atoms with E-state index in [2.05, 4.69) is 108 Å². The van der Waals surface area contributed by atoms with Gasteiger partial charge in [-0.25, -0.2) is 4.79 Å². The van der Waals surface area contributed by atoms with Gasteiger partial charge < -0.3 is 14.5 Å². The number of ether oxygens (including phenoxy) is 1. The van der Waals surface area contributed by atoms with Crippen LogP contribution in [-0.4, -0.2) is 83.3 Å². The van der Waals surface area contributed by atoms with Crippen LogP contribution in [0.4, 0.5) is 10.5 Å². The minimum Gasteiger partial charge on any atom is -0.445 e. The third kappa shape index (κ3) is 7.12. The molecule has 9 heteroatoms. The number of piperazine rings is 1. The van der Waals surface area contributed by atoms with E-state index >= 15 is 0 Å². The number of likely N-dealkylation sites (tertiary alicyclic amines) is 1. The Morgan fingerprint density at radius 3 is 1.85 bits per heavy atom. The molecule has 0 bridgehead atoms. The van der Waals surface area contributed by atoms with Gasteiger partial charge in [0.25, 0.3) is 5.69 Å². The highest BCUT2D eigenvalue weighted by Crippen LogP contribution is 2.52. The molecule has 2 heterocycles. The quantitative estimate of drug-likeness (QED) is 0.110. The topological polar surface area (TPSA) is 79.2 Å². The van der Waals surface area contributed by atoms with Crippen molar-refractivity contribution in [2.75, 3.05) is 46.3 Å². The maximum Gasteiger partial charge on any atom is 0.410 e. The first-order valence-electron chi connectivity index (χ1n) is 15.8. The van der Waals surface area contributed by atoms with E-state index in [-0.39, 0.29) is 29.7 Å². The average molecular weight is 637 g/mol. The lowest BCUT2D eigenvalue weighted by Crippen LogP contribution is -2.50. The number of nitrogens with zero attached hydrogens (tertiary/aromatic N) is 4. The molecule has 0 aromatic heterocycles. The molecule has 2 fully saturated rings. The Kier molecular flexibility index (Phi) is 10.0. The van der Waals surface area contributed by atoms with Gasteiger partial charge in [0.2, 0.25) is 0 Å². The average Bonchev–Trinajstić information content (AvgIpc) is 3.50. The van der Waals surface area contributed by atoms with E-state index in [9.17, 15) is 14.9 Å². The van der Waals surface area contributed by atoms with Crippen LogP contribution in [-0.2, 0) is 16.1 Å². The lowest BCUT2D eigenvalue weighted by atomic mass is 9.84. The molecule has 0 N–H and O–H groups in total. The number of carbonyl (C=O) groups is 1. The Balaban J connectivity index is 1.29. The number of likely N-dealkylation sites (N-methyl/N-ethyl adjacent to an activating group) is 1. The van der Waals surface area contributed by atoms with E-state index in [1.807, 2.05) is 16.7 Å². The number of thioether (sulfide) groups is 1. The smallest absolute Gasteiger partial charge is 0.410 e. The molecular formula is C37H40N4O4S. The van der Waals surface area contributed by atoms with Gasteiger partial charge in [0.15, 0.2) is 0 Å². The molecule has 238 valence electrons. The predicted octanol–water partition coefficient (Wildman–Crippen LogP) is 6.65. The summed E-state index contributed by atoms with van der Waals surface area (Å²) in [6.45, 7) is 5.39. The predicted molar refractivity (Wildman–Crippen MR) is 183 cm³/mol. The van der Waals surface area contributed by atoms with Crippen molar-refractivity contribution in [2.24, 2.45) is 0 Å². The lowest BCUT2D eigenvalue weighted by molar-refractivity contribution is -0.384. The van der Waals surface area contributed by atoms with Crippen molar-refractivity contribution < 1.29 is 14.5 Å². The molecule has 0 radical (unpaired) electrons. The number of hydrogen-bond donors (Lipinski definition) is 0. The normalized spacial score (nSPS) is 19.2. The molecule has 0 saturated carbocycles. The fourth-order valence-electron chi connectivity index (χ4n) is 6.60. The third-order valence-electron chi connectivity index (χ3n) is 9.07. The number of non-ortho nitro benzene ring substituents is 1. The van der Waals surface area contributed by atoms with Crippen LogP contribution in [0.2, 0.25) is 0 Å². The zero-order valence-corrected chi connectivity index (χ0v) is 26.9. The van der Waals surface area contributed by atoms with E-state index in [4.69, 9.17) is 4.74 Å². The van der Waals surface area contributed by atoms with E-state index in [0.29, 0.717) is 6.54 Å². The van der Waals surface area contributed by atoms with Gasteiger partial charge in [-0.1, -0.05) is 91.0 Å². The highest BCUT2D eigenvalue weighted by atomic mass is 32.2. The number of rotatable bonds is 10. The summed E-state index contributed by atoms with van der Waals surface area (Å²) in [4.78, 5) is 31.2. The van der Waals surface area contributed by atoms with E-state index < -0.39 is 9.67 Å². The Bertz CT molecular complexity index is 1490. The van der Waals surface area contributed by atoms with Crippen LogP contribution in [0.5, 0.6) is 0 Å². The molecule has 6 rings (SSSR count). The summed E-state index contributed by atoms with van der Waals surface area (Å²) in [5.41, 5.74) is 4.34. The summed E-state index contributed by atoms with van der Waals surface area (Å²) >= 11 is 1.93. The number of amides is 1. The maximum atomic E-state index is 13.8. The zero-order chi connectivity index (χ0) is 31.9. The fraction of sp³-hybridized carbons (Fsp3) is 0.324. The second-order valence-electron chi connectivity index (χ2n) is 12.1. The minimum atomic E-state index is -0.481. The summed E-state index contributed by atoms with van der Waals surface area (Å²) in [5.74, 6) is 0. The highest BCUT2D eigenvalue weighted by Gasteiger charge is 2.45. The number of nitro groups is 1.